The average molecular weight is 311 g/mol. The molecule has 0 spiro atoms. The minimum atomic E-state index is 0.0887. The molecule has 1 aliphatic carbocycles. The standard InChI is InChI=1S/C17H33N3O2/c1-14(2)16(20-9-11-22-12-10-20)13-18-17(21)19(3)15-7-5-4-6-8-15/h14-16H,4-13H2,1-3H3,(H,18,21). The largest absolute Gasteiger partial charge is 0.379 e. The van der Waals surface area contributed by atoms with Crippen LogP contribution in [0.5, 0.6) is 0 Å². The maximum atomic E-state index is 12.4. The zero-order valence-electron chi connectivity index (χ0n) is 14.5. The Hall–Kier alpha value is -0.810. The van der Waals surface area contributed by atoms with E-state index in [0.29, 0.717) is 18.0 Å². The molecule has 1 heterocycles. The summed E-state index contributed by atoms with van der Waals surface area (Å²) in [6.07, 6.45) is 6.13. The third-order valence-corrected chi connectivity index (χ3v) is 5.19. The van der Waals surface area contributed by atoms with Crippen molar-refractivity contribution in [3.8, 4) is 0 Å². The molecule has 2 fully saturated rings. The molecule has 22 heavy (non-hydrogen) atoms. The van der Waals surface area contributed by atoms with Crippen LogP contribution in [0.2, 0.25) is 0 Å². The van der Waals surface area contributed by atoms with Crippen molar-refractivity contribution in [3.63, 3.8) is 0 Å². The minimum Gasteiger partial charge on any atom is -0.379 e. The van der Waals surface area contributed by atoms with Gasteiger partial charge in [0.2, 0.25) is 0 Å². The van der Waals surface area contributed by atoms with E-state index >= 15 is 0 Å². The first-order valence-electron chi connectivity index (χ1n) is 8.92. The van der Waals surface area contributed by atoms with E-state index in [4.69, 9.17) is 4.74 Å². The van der Waals surface area contributed by atoms with E-state index in [2.05, 4.69) is 24.1 Å². The van der Waals surface area contributed by atoms with Gasteiger partial charge in [-0.05, 0) is 18.8 Å². The number of carbonyl (C=O) groups excluding carboxylic acids is 1. The summed E-state index contributed by atoms with van der Waals surface area (Å²) in [6.45, 7) is 8.74. The molecule has 1 saturated carbocycles. The monoisotopic (exact) mass is 311 g/mol. The van der Waals surface area contributed by atoms with Crippen molar-refractivity contribution in [1.82, 2.24) is 15.1 Å². The first-order valence-corrected chi connectivity index (χ1v) is 8.92. The average Bonchev–Trinajstić information content (AvgIpc) is 2.55. The second-order valence-corrected chi connectivity index (χ2v) is 7.05. The van der Waals surface area contributed by atoms with Gasteiger partial charge in [0.15, 0.2) is 0 Å². The number of nitrogens with zero attached hydrogens (tertiary/aromatic N) is 2. The number of morpholine rings is 1. The highest BCUT2D eigenvalue weighted by Gasteiger charge is 2.26. The summed E-state index contributed by atoms with van der Waals surface area (Å²) >= 11 is 0. The van der Waals surface area contributed by atoms with Gasteiger partial charge < -0.3 is 15.0 Å². The molecule has 0 aromatic heterocycles. The number of rotatable bonds is 5. The Balaban J connectivity index is 1.81. The Labute approximate surface area is 135 Å². The Morgan fingerprint density at radius 2 is 1.86 bits per heavy atom. The molecular formula is C17H33N3O2. The van der Waals surface area contributed by atoms with Crippen molar-refractivity contribution in [2.24, 2.45) is 5.92 Å². The molecule has 0 aromatic carbocycles. The summed E-state index contributed by atoms with van der Waals surface area (Å²) in [5.74, 6) is 0.526. The third-order valence-electron chi connectivity index (χ3n) is 5.19. The molecule has 1 aliphatic heterocycles. The van der Waals surface area contributed by atoms with Crippen molar-refractivity contribution in [2.75, 3.05) is 39.9 Å². The normalized spacial score (nSPS) is 22.5. The van der Waals surface area contributed by atoms with Gasteiger partial charge in [-0.3, -0.25) is 4.90 Å². The van der Waals surface area contributed by atoms with Gasteiger partial charge in [-0.25, -0.2) is 4.79 Å². The molecule has 1 atom stereocenters. The van der Waals surface area contributed by atoms with Gasteiger partial charge in [-0.2, -0.15) is 0 Å². The molecule has 128 valence electrons. The first kappa shape index (κ1) is 17.5. The van der Waals surface area contributed by atoms with Gasteiger partial charge in [-0.15, -0.1) is 0 Å². The zero-order chi connectivity index (χ0) is 15.9. The molecule has 1 N–H and O–H groups in total. The fourth-order valence-corrected chi connectivity index (χ4v) is 3.65. The molecule has 1 saturated heterocycles. The van der Waals surface area contributed by atoms with Gasteiger partial charge >= 0.3 is 6.03 Å². The van der Waals surface area contributed by atoms with E-state index in [0.717, 1.165) is 45.7 Å². The minimum absolute atomic E-state index is 0.0887. The van der Waals surface area contributed by atoms with Crippen LogP contribution in [0.25, 0.3) is 0 Å². The van der Waals surface area contributed by atoms with Crippen molar-refractivity contribution in [1.29, 1.82) is 0 Å². The third kappa shape index (κ3) is 4.85. The van der Waals surface area contributed by atoms with Crippen molar-refractivity contribution in [3.05, 3.63) is 0 Å². The molecule has 1 unspecified atom stereocenters. The van der Waals surface area contributed by atoms with Crippen LogP contribution in [-0.2, 0) is 4.74 Å². The lowest BCUT2D eigenvalue weighted by Crippen LogP contribution is -2.53. The van der Waals surface area contributed by atoms with Crippen LogP contribution in [0.3, 0.4) is 0 Å². The second kappa shape index (κ2) is 8.73. The van der Waals surface area contributed by atoms with Gasteiger partial charge in [0.1, 0.15) is 0 Å². The summed E-state index contributed by atoms with van der Waals surface area (Å²) in [5.41, 5.74) is 0. The van der Waals surface area contributed by atoms with Crippen LogP contribution in [0, 0.1) is 5.92 Å². The van der Waals surface area contributed by atoms with Crippen LogP contribution in [0.4, 0.5) is 4.79 Å². The van der Waals surface area contributed by atoms with Gasteiger partial charge in [0.05, 0.1) is 13.2 Å². The molecule has 2 rings (SSSR count). The number of hydrogen-bond donors (Lipinski definition) is 1. The SMILES string of the molecule is CC(C)C(CNC(=O)N(C)C1CCCCC1)N1CCOCC1. The van der Waals surface area contributed by atoms with Gasteiger partial charge in [-0.1, -0.05) is 33.1 Å². The predicted octanol–water partition coefficient (Wildman–Crippen LogP) is 2.32. The van der Waals surface area contributed by atoms with Gasteiger partial charge in [0, 0.05) is 38.8 Å². The van der Waals surface area contributed by atoms with E-state index in [1.54, 1.807) is 0 Å². The fourth-order valence-electron chi connectivity index (χ4n) is 3.65. The smallest absolute Gasteiger partial charge is 0.317 e. The van der Waals surface area contributed by atoms with E-state index < -0.39 is 0 Å². The molecular weight excluding hydrogens is 278 g/mol. The molecule has 2 aliphatic rings. The topological polar surface area (TPSA) is 44.8 Å². The van der Waals surface area contributed by atoms with Crippen molar-refractivity contribution < 1.29 is 9.53 Å². The van der Waals surface area contributed by atoms with Crippen LogP contribution in [0.15, 0.2) is 0 Å². The molecule has 5 heteroatoms. The number of hydrogen-bond acceptors (Lipinski definition) is 3. The quantitative estimate of drug-likeness (QED) is 0.847. The summed E-state index contributed by atoms with van der Waals surface area (Å²) in [5, 5.41) is 3.16. The maximum absolute atomic E-state index is 12.4. The summed E-state index contributed by atoms with van der Waals surface area (Å²) < 4.78 is 5.44. The number of nitrogens with one attached hydrogen (secondary N) is 1. The molecule has 0 radical (unpaired) electrons. The number of carbonyl (C=O) groups is 1. The van der Waals surface area contributed by atoms with Crippen LogP contribution in [0.1, 0.15) is 46.0 Å². The summed E-state index contributed by atoms with van der Waals surface area (Å²) in [6, 6.07) is 0.910. The lowest BCUT2D eigenvalue weighted by atomic mass is 9.95. The molecule has 0 bridgehead atoms. The van der Waals surface area contributed by atoms with E-state index in [1.165, 1.54) is 19.3 Å². The number of ether oxygens (including phenoxy) is 1. The number of amides is 2. The van der Waals surface area contributed by atoms with E-state index in [-0.39, 0.29) is 6.03 Å². The zero-order valence-corrected chi connectivity index (χ0v) is 14.5. The predicted molar refractivity (Wildman–Crippen MR) is 89.1 cm³/mol. The molecule has 5 nitrogen and oxygen atoms in total. The van der Waals surface area contributed by atoms with Gasteiger partial charge in [0.25, 0.3) is 0 Å². The lowest BCUT2D eigenvalue weighted by Gasteiger charge is -2.38. The highest BCUT2D eigenvalue weighted by molar-refractivity contribution is 5.74. The van der Waals surface area contributed by atoms with E-state index in [1.807, 2.05) is 11.9 Å². The molecule has 2 amide bonds. The Morgan fingerprint density at radius 3 is 2.45 bits per heavy atom. The Kier molecular flexibility index (Phi) is 6.96. The Morgan fingerprint density at radius 1 is 1.23 bits per heavy atom. The summed E-state index contributed by atoms with van der Waals surface area (Å²) in [7, 11) is 1.95. The number of urea groups is 1. The Bertz CT molecular complexity index is 337. The van der Waals surface area contributed by atoms with Crippen LogP contribution in [-0.4, -0.2) is 67.8 Å². The summed E-state index contributed by atoms with van der Waals surface area (Å²) in [4.78, 5) is 16.8. The molecule has 0 aromatic rings. The lowest BCUT2D eigenvalue weighted by molar-refractivity contribution is 0.00687. The second-order valence-electron chi connectivity index (χ2n) is 7.05. The highest BCUT2D eigenvalue weighted by atomic mass is 16.5. The van der Waals surface area contributed by atoms with Crippen LogP contribution >= 0.6 is 0 Å². The first-order chi connectivity index (χ1) is 10.6. The van der Waals surface area contributed by atoms with Crippen molar-refractivity contribution >= 4 is 6.03 Å². The van der Waals surface area contributed by atoms with E-state index in [9.17, 15) is 4.79 Å². The van der Waals surface area contributed by atoms with Crippen LogP contribution < -0.4 is 5.32 Å². The fraction of sp³-hybridized carbons (Fsp3) is 0.941. The highest BCUT2D eigenvalue weighted by Crippen LogP contribution is 2.21. The maximum Gasteiger partial charge on any atom is 0.317 e. The van der Waals surface area contributed by atoms with Crippen molar-refractivity contribution in [2.45, 2.75) is 58.0 Å².